The lowest BCUT2D eigenvalue weighted by Crippen LogP contribution is -2.50. The third kappa shape index (κ3) is 3.23. The van der Waals surface area contributed by atoms with Gasteiger partial charge in [0.05, 0.1) is 24.7 Å². The van der Waals surface area contributed by atoms with Crippen molar-refractivity contribution in [2.24, 2.45) is 11.8 Å². The van der Waals surface area contributed by atoms with Crippen LogP contribution in [0.15, 0.2) is 54.6 Å². The number of fused-ring (bicyclic) bond motifs is 3. The maximum Gasteiger partial charge on any atom is 0.311 e. The normalized spacial score (nSPS) is 28.4. The fraction of sp³-hybridized carbons (Fsp3) is 0.435. The Kier molecular flexibility index (Phi) is 4.68. The quantitative estimate of drug-likeness (QED) is 0.728. The number of rotatable bonds is 3. The van der Waals surface area contributed by atoms with Crippen molar-refractivity contribution in [3.05, 3.63) is 65.7 Å². The number of benzene rings is 2. The van der Waals surface area contributed by atoms with Crippen molar-refractivity contribution in [3.63, 3.8) is 0 Å². The van der Waals surface area contributed by atoms with Gasteiger partial charge in [0.1, 0.15) is 11.4 Å². The molecule has 0 aliphatic carbocycles. The minimum atomic E-state index is -0.425. The molecule has 1 fully saturated rings. The van der Waals surface area contributed by atoms with E-state index < -0.39 is 5.60 Å². The highest BCUT2D eigenvalue weighted by molar-refractivity contribution is 5.73. The maximum absolute atomic E-state index is 12.8. The van der Waals surface area contributed by atoms with E-state index >= 15 is 0 Å². The van der Waals surface area contributed by atoms with Crippen LogP contribution in [0.4, 0.5) is 0 Å². The zero-order valence-corrected chi connectivity index (χ0v) is 16.1. The molecule has 4 nitrogen and oxygen atoms in total. The van der Waals surface area contributed by atoms with Crippen molar-refractivity contribution in [2.45, 2.75) is 45.0 Å². The number of esters is 1. The highest BCUT2D eigenvalue weighted by Crippen LogP contribution is 2.54. The number of ether oxygens (including phenoxy) is 3. The van der Waals surface area contributed by atoms with E-state index in [1.54, 1.807) is 0 Å². The van der Waals surface area contributed by atoms with Gasteiger partial charge >= 0.3 is 5.97 Å². The first-order valence-corrected chi connectivity index (χ1v) is 9.66. The number of carbonyl (C=O) groups is 1. The van der Waals surface area contributed by atoms with Gasteiger partial charge < -0.3 is 14.2 Å². The van der Waals surface area contributed by atoms with Crippen LogP contribution in [0.3, 0.4) is 0 Å². The van der Waals surface area contributed by atoms with E-state index in [2.05, 4.69) is 19.9 Å². The molecule has 0 radical (unpaired) electrons. The van der Waals surface area contributed by atoms with Crippen molar-refractivity contribution < 1.29 is 19.0 Å². The van der Waals surface area contributed by atoms with Gasteiger partial charge in [0.15, 0.2) is 0 Å². The van der Waals surface area contributed by atoms with Crippen LogP contribution in [0.2, 0.25) is 0 Å². The highest BCUT2D eigenvalue weighted by Gasteiger charge is 2.52. The number of para-hydroxylation sites is 1. The van der Waals surface area contributed by atoms with Gasteiger partial charge in [0.25, 0.3) is 0 Å². The van der Waals surface area contributed by atoms with Gasteiger partial charge in [-0.3, -0.25) is 4.79 Å². The van der Waals surface area contributed by atoms with Gasteiger partial charge in [0, 0.05) is 11.5 Å². The van der Waals surface area contributed by atoms with Crippen molar-refractivity contribution >= 4 is 5.97 Å². The summed E-state index contributed by atoms with van der Waals surface area (Å²) in [4.78, 5) is 12.8. The average molecular weight is 366 g/mol. The summed E-state index contributed by atoms with van der Waals surface area (Å²) in [5.74, 6) is 0.396. The molecule has 4 atom stereocenters. The molecule has 0 saturated carbocycles. The van der Waals surface area contributed by atoms with Crippen molar-refractivity contribution in [1.29, 1.82) is 0 Å². The summed E-state index contributed by atoms with van der Waals surface area (Å²) in [6.07, 6.45) is 0.235. The molecule has 27 heavy (non-hydrogen) atoms. The lowest BCUT2D eigenvalue weighted by molar-refractivity contribution is -0.192. The Labute approximate surface area is 160 Å². The number of hydrogen-bond donors (Lipinski definition) is 0. The Balaban J connectivity index is 1.76. The van der Waals surface area contributed by atoms with E-state index in [4.69, 9.17) is 14.2 Å². The summed E-state index contributed by atoms with van der Waals surface area (Å²) < 4.78 is 18.3. The molecule has 4 heteroatoms. The molecule has 0 unspecified atom stereocenters. The average Bonchev–Trinajstić information content (AvgIpc) is 2.67. The molecular formula is C23H26O4. The van der Waals surface area contributed by atoms with Gasteiger partial charge in [-0.2, -0.15) is 0 Å². The largest absolute Gasteiger partial charge is 0.487 e. The second kappa shape index (κ2) is 7.01. The van der Waals surface area contributed by atoms with Crippen LogP contribution in [-0.2, 0) is 14.3 Å². The molecule has 0 amide bonds. The predicted molar refractivity (Wildman–Crippen MR) is 102 cm³/mol. The molecule has 0 spiro atoms. The van der Waals surface area contributed by atoms with Gasteiger partial charge in [-0.25, -0.2) is 0 Å². The Bertz CT molecular complexity index is 814. The van der Waals surface area contributed by atoms with Crippen LogP contribution in [0.25, 0.3) is 0 Å². The van der Waals surface area contributed by atoms with Crippen LogP contribution < -0.4 is 4.74 Å². The molecule has 2 aromatic rings. The molecule has 142 valence electrons. The van der Waals surface area contributed by atoms with Crippen LogP contribution in [-0.4, -0.2) is 18.2 Å². The van der Waals surface area contributed by atoms with Crippen molar-refractivity contribution in [2.75, 3.05) is 6.61 Å². The Morgan fingerprint density at radius 3 is 2.52 bits per heavy atom. The summed E-state index contributed by atoms with van der Waals surface area (Å²) in [5.41, 5.74) is 1.65. The second-order valence-electron chi connectivity index (χ2n) is 7.83. The predicted octanol–water partition coefficient (Wildman–Crippen LogP) is 4.86. The first-order valence-electron chi connectivity index (χ1n) is 9.66. The van der Waals surface area contributed by atoms with E-state index in [1.807, 2.05) is 55.5 Å². The van der Waals surface area contributed by atoms with Crippen LogP contribution in [0.1, 0.15) is 50.5 Å². The van der Waals surface area contributed by atoms with Crippen LogP contribution in [0.5, 0.6) is 5.75 Å². The molecule has 2 aromatic carbocycles. The Morgan fingerprint density at radius 2 is 1.78 bits per heavy atom. The Morgan fingerprint density at radius 1 is 1.07 bits per heavy atom. The highest BCUT2D eigenvalue weighted by atomic mass is 16.5. The third-order valence-electron chi connectivity index (χ3n) is 5.74. The van der Waals surface area contributed by atoms with Gasteiger partial charge in [0.2, 0.25) is 0 Å². The van der Waals surface area contributed by atoms with E-state index in [0.29, 0.717) is 13.0 Å². The minimum absolute atomic E-state index is 0.0711. The molecule has 0 N–H and O–H groups in total. The van der Waals surface area contributed by atoms with Crippen molar-refractivity contribution in [3.8, 4) is 5.75 Å². The first-order chi connectivity index (χ1) is 13.0. The smallest absolute Gasteiger partial charge is 0.311 e. The fourth-order valence-corrected chi connectivity index (χ4v) is 4.40. The molecule has 2 heterocycles. The summed E-state index contributed by atoms with van der Waals surface area (Å²) in [6, 6.07) is 18.0. The van der Waals surface area contributed by atoms with E-state index in [9.17, 15) is 4.79 Å². The summed E-state index contributed by atoms with van der Waals surface area (Å²) in [6.45, 7) is 6.36. The number of hydrogen-bond acceptors (Lipinski definition) is 4. The summed E-state index contributed by atoms with van der Waals surface area (Å²) in [5, 5.41) is 0. The molecule has 2 aliphatic rings. The van der Waals surface area contributed by atoms with Gasteiger partial charge in [-0.1, -0.05) is 48.5 Å². The lowest BCUT2D eigenvalue weighted by atomic mass is 9.71. The molecule has 0 bridgehead atoms. The Hall–Kier alpha value is -2.33. The van der Waals surface area contributed by atoms with Gasteiger partial charge in [-0.05, 0) is 38.8 Å². The molecule has 2 aliphatic heterocycles. The van der Waals surface area contributed by atoms with E-state index in [0.717, 1.165) is 16.9 Å². The SMILES string of the molecule is CCOC(=O)[C@H]1C[C@@H]2[C@@H](O[C@@H]1c1ccccc1)c1ccccc1OC2(C)C. The van der Waals surface area contributed by atoms with Crippen LogP contribution >= 0.6 is 0 Å². The van der Waals surface area contributed by atoms with E-state index in [1.165, 1.54) is 0 Å². The molecule has 0 aromatic heterocycles. The van der Waals surface area contributed by atoms with Gasteiger partial charge in [-0.15, -0.1) is 0 Å². The topological polar surface area (TPSA) is 44.8 Å². The third-order valence-corrected chi connectivity index (χ3v) is 5.74. The minimum Gasteiger partial charge on any atom is -0.487 e. The second-order valence-corrected chi connectivity index (χ2v) is 7.83. The fourth-order valence-electron chi connectivity index (χ4n) is 4.40. The molecule has 4 rings (SSSR count). The standard InChI is InChI=1S/C23H26O4/c1-4-25-22(24)17-14-18-21(26-20(17)15-10-6-5-7-11-15)16-12-8-9-13-19(16)27-23(18,2)3/h5-13,17-18,20-21H,4,14H2,1-3H3/t17-,18+,20+,21-/m0/s1. The zero-order chi connectivity index (χ0) is 19.0. The van der Waals surface area contributed by atoms with E-state index in [-0.39, 0.29) is 30.0 Å². The first kappa shape index (κ1) is 18.1. The maximum atomic E-state index is 12.8. The zero-order valence-electron chi connectivity index (χ0n) is 16.1. The molecule has 1 saturated heterocycles. The summed E-state index contributed by atoms with van der Waals surface area (Å²) >= 11 is 0. The monoisotopic (exact) mass is 366 g/mol. The molecular weight excluding hydrogens is 340 g/mol. The summed E-state index contributed by atoms with van der Waals surface area (Å²) in [7, 11) is 0. The number of carbonyl (C=O) groups excluding carboxylic acids is 1. The lowest BCUT2D eigenvalue weighted by Gasteiger charge is -2.50. The van der Waals surface area contributed by atoms with Crippen molar-refractivity contribution in [1.82, 2.24) is 0 Å². The van der Waals surface area contributed by atoms with Crippen LogP contribution in [0, 0.1) is 11.8 Å².